The van der Waals surface area contributed by atoms with Crippen molar-refractivity contribution in [2.75, 3.05) is 0 Å². The van der Waals surface area contributed by atoms with E-state index < -0.39 is 0 Å². The molecule has 7 heteroatoms. The van der Waals surface area contributed by atoms with Gasteiger partial charge in [-0.3, -0.25) is 4.79 Å². The van der Waals surface area contributed by atoms with Gasteiger partial charge < -0.3 is 9.73 Å². The molecule has 0 saturated heterocycles. The average molecular weight is 319 g/mol. The molecule has 3 heterocycles. The molecule has 7 nitrogen and oxygen atoms in total. The first-order valence-electron chi connectivity index (χ1n) is 7.39. The Bertz CT molecular complexity index is 974. The van der Waals surface area contributed by atoms with Gasteiger partial charge in [-0.2, -0.15) is 4.68 Å². The zero-order valence-corrected chi connectivity index (χ0v) is 12.6. The van der Waals surface area contributed by atoms with Crippen LogP contribution in [-0.4, -0.2) is 25.9 Å². The summed E-state index contributed by atoms with van der Waals surface area (Å²) in [5.74, 6) is 0.541. The van der Waals surface area contributed by atoms with Crippen molar-refractivity contribution in [1.29, 1.82) is 0 Å². The summed E-state index contributed by atoms with van der Waals surface area (Å²) < 4.78 is 6.83. The van der Waals surface area contributed by atoms with Gasteiger partial charge >= 0.3 is 0 Å². The highest BCUT2D eigenvalue weighted by Gasteiger charge is 2.09. The normalized spacial score (nSPS) is 10.8. The van der Waals surface area contributed by atoms with Gasteiger partial charge in [-0.05, 0) is 48.5 Å². The van der Waals surface area contributed by atoms with Gasteiger partial charge in [0.15, 0.2) is 5.65 Å². The molecular weight excluding hydrogens is 306 g/mol. The molecule has 118 valence electrons. The molecule has 1 amide bonds. The molecule has 0 unspecified atom stereocenters. The molecule has 4 aromatic rings. The lowest BCUT2D eigenvalue weighted by atomic mass is 10.2. The van der Waals surface area contributed by atoms with Gasteiger partial charge in [0.2, 0.25) is 0 Å². The van der Waals surface area contributed by atoms with E-state index in [2.05, 4.69) is 20.6 Å². The summed E-state index contributed by atoms with van der Waals surface area (Å²) >= 11 is 0. The second-order valence-corrected chi connectivity index (χ2v) is 5.16. The Kier molecular flexibility index (Phi) is 3.51. The first kappa shape index (κ1) is 14.1. The van der Waals surface area contributed by atoms with Crippen LogP contribution >= 0.6 is 0 Å². The van der Waals surface area contributed by atoms with E-state index in [-0.39, 0.29) is 5.91 Å². The number of amides is 1. The van der Waals surface area contributed by atoms with Crippen LogP contribution in [0, 0.1) is 0 Å². The van der Waals surface area contributed by atoms with Crippen molar-refractivity contribution < 1.29 is 9.21 Å². The number of pyridine rings is 1. The number of carbonyl (C=O) groups excluding carboxylic acids is 1. The molecule has 1 N–H and O–H groups in total. The summed E-state index contributed by atoms with van der Waals surface area (Å²) in [4.78, 5) is 16.4. The van der Waals surface area contributed by atoms with Crippen LogP contribution in [0.5, 0.6) is 0 Å². The maximum atomic E-state index is 12.2. The largest absolute Gasteiger partial charge is 0.467 e. The van der Waals surface area contributed by atoms with Crippen molar-refractivity contribution >= 4 is 17.1 Å². The fourth-order valence-electron chi connectivity index (χ4n) is 2.38. The molecule has 0 aliphatic rings. The number of rotatable bonds is 4. The van der Waals surface area contributed by atoms with E-state index in [9.17, 15) is 4.79 Å². The highest BCUT2D eigenvalue weighted by Crippen LogP contribution is 2.14. The van der Waals surface area contributed by atoms with Crippen molar-refractivity contribution in [3.05, 3.63) is 72.3 Å². The Morgan fingerprint density at radius 2 is 2.00 bits per heavy atom. The van der Waals surface area contributed by atoms with E-state index in [1.165, 1.54) is 0 Å². The molecule has 0 spiro atoms. The summed E-state index contributed by atoms with van der Waals surface area (Å²) in [6, 6.07) is 14.4. The van der Waals surface area contributed by atoms with Crippen molar-refractivity contribution in [2.24, 2.45) is 0 Å². The molecule has 0 radical (unpaired) electrons. The molecule has 1 aromatic carbocycles. The molecule has 0 aliphatic heterocycles. The number of aromatic nitrogens is 4. The number of nitrogens with one attached hydrogen (secondary N) is 1. The van der Waals surface area contributed by atoms with Crippen LogP contribution in [0.4, 0.5) is 0 Å². The smallest absolute Gasteiger partial charge is 0.251 e. The lowest BCUT2D eigenvalue weighted by molar-refractivity contribution is 0.0948. The van der Waals surface area contributed by atoms with E-state index in [0.717, 1.165) is 11.2 Å². The van der Waals surface area contributed by atoms with E-state index in [1.54, 1.807) is 35.3 Å². The number of nitrogens with zero attached hydrogens (tertiary/aromatic N) is 4. The zero-order valence-electron chi connectivity index (χ0n) is 12.6. The molecule has 0 bridgehead atoms. The highest BCUT2D eigenvalue weighted by molar-refractivity contribution is 5.94. The van der Waals surface area contributed by atoms with E-state index in [4.69, 9.17) is 4.42 Å². The third-order valence-electron chi connectivity index (χ3n) is 3.59. The Morgan fingerprint density at radius 1 is 1.12 bits per heavy atom. The molecule has 24 heavy (non-hydrogen) atoms. The SMILES string of the molecule is O=C(NCc1ccco1)c1ccc(-n2nnc3cccnc32)cc1. The molecule has 4 rings (SSSR count). The summed E-state index contributed by atoms with van der Waals surface area (Å²) in [7, 11) is 0. The van der Waals surface area contributed by atoms with Crippen LogP contribution in [0.15, 0.2) is 65.4 Å². The van der Waals surface area contributed by atoms with Crippen LogP contribution in [0.25, 0.3) is 16.9 Å². The number of furan rings is 1. The minimum absolute atomic E-state index is 0.167. The fraction of sp³-hybridized carbons (Fsp3) is 0.0588. The van der Waals surface area contributed by atoms with Gasteiger partial charge in [-0.1, -0.05) is 5.21 Å². The lowest BCUT2D eigenvalue weighted by Crippen LogP contribution is -2.22. The van der Waals surface area contributed by atoms with Crippen LogP contribution in [0.2, 0.25) is 0 Å². The van der Waals surface area contributed by atoms with Gasteiger partial charge in [-0.15, -0.1) is 5.10 Å². The van der Waals surface area contributed by atoms with Gasteiger partial charge in [0.25, 0.3) is 5.91 Å². The third kappa shape index (κ3) is 2.63. The lowest BCUT2D eigenvalue weighted by Gasteiger charge is -2.05. The third-order valence-corrected chi connectivity index (χ3v) is 3.59. The standard InChI is InChI=1S/C17H13N5O2/c23-17(19-11-14-3-2-10-24-14)12-5-7-13(8-6-12)22-16-15(20-21-22)4-1-9-18-16/h1-10H,11H2,(H,19,23). The monoisotopic (exact) mass is 319 g/mol. The van der Waals surface area contributed by atoms with Gasteiger partial charge in [0.1, 0.15) is 11.3 Å². The van der Waals surface area contributed by atoms with Crippen LogP contribution in [0.1, 0.15) is 16.1 Å². The van der Waals surface area contributed by atoms with E-state index >= 15 is 0 Å². The zero-order chi connectivity index (χ0) is 16.4. The summed E-state index contributed by atoms with van der Waals surface area (Å²) in [6.45, 7) is 0.352. The Labute approximate surface area is 136 Å². The predicted octanol–water partition coefficient (Wildman–Crippen LogP) is 2.34. The predicted molar refractivity (Wildman–Crippen MR) is 86.5 cm³/mol. The first-order chi connectivity index (χ1) is 11.8. The molecule has 0 fully saturated rings. The van der Waals surface area contributed by atoms with Crippen molar-refractivity contribution in [1.82, 2.24) is 25.3 Å². The van der Waals surface area contributed by atoms with Crippen LogP contribution in [-0.2, 0) is 6.54 Å². The number of benzene rings is 1. The van der Waals surface area contributed by atoms with Crippen LogP contribution in [0.3, 0.4) is 0 Å². The number of fused-ring (bicyclic) bond motifs is 1. The Hall–Kier alpha value is -3.48. The summed E-state index contributed by atoms with van der Waals surface area (Å²) in [5.41, 5.74) is 2.74. The number of hydrogen-bond donors (Lipinski definition) is 1. The first-order valence-corrected chi connectivity index (χ1v) is 7.39. The van der Waals surface area contributed by atoms with E-state index in [1.807, 2.05) is 30.3 Å². The maximum Gasteiger partial charge on any atom is 0.251 e. The number of hydrogen-bond acceptors (Lipinski definition) is 5. The minimum Gasteiger partial charge on any atom is -0.467 e. The fourth-order valence-corrected chi connectivity index (χ4v) is 2.38. The van der Waals surface area contributed by atoms with E-state index in [0.29, 0.717) is 23.5 Å². The summed E-state index contributed by atoms with van der Waals surface area (Å²) in [5, 5.41) is 11.0. The topological polar surface area (TPSA) is 85.8 Å². The molecule has 0 saturated carbocycles. The second-order valence-electron chi connectivity index (χ2n) is 5.16. The Morgan fingerprint density at radius 3 is 2.79 bits per heavy atom. The van der Waals surface area contributed by atoms with Crippen molar-refractivity contribution in [3.8, 4) is 5.69 Å². The molecule has 3 aromatic heterocycles. The molecule has 0 atom stereocenters. The van der Waals surface area contributed by atoms with Crippen LogP contribution < -0.4 is 5.32 Å². The second kappa shape index (κ2) is 5.96. The molecule has 0 aliphatic carbocycles. The van der Waals surface area contributed by atoms with Crippen molar-refractivity contribution in [2.45, 2.75) is 6.54 Å². The minimum atomic E-state index is -0.167. The Balaban J connectivity index is 1.53. The van der Waals surface area contributed by atoms with Crippen molar-refractivity contribution in [3.63, 3.8) is 0 Å². The average Bonchev–Trinajstić information content (AvgIpc) is 3.29. The number of carbonyl (C=O) groups is 1. The quantitative estimate of drug-likeness (QED) is 0.624. The summed E-state index contributed by atoms with van der Waals surface area (Å²) in [6.07, 6.45) is 3.27. The van der Waals surface area contributed by atoms with Gasteiger partial charge in [0, 0.05) is 11.8 Å². The molecular formula is C17H13N5O2. The maximum absolute atomic E-state index is 12.2. The van der Waals surface area contributed by atoms with Gasteiger partial charge in [-0.25, -0.2) is 4.98 Å². The highest BCUT2D eigenvalue weighted by atomic mass is 16.3. The van der Waals surface area contributed by atoms with Gasteiger partial charge in [0.05, 0.1) is 18.5 Å².